The van der Waals surface area contributed by atoms with Crippen molar-refractivity contribution in [3.05, 3.63) is 36.5 Å². The average molecular weight is 206 g/mol. The summed E-state index contributed by atoms with van der Waals surface area (Å²) in [5.41, 5.74) is 0. The minimum absolute atomic E-state index is 1.19. The molecule has 0 fully saturated rings. The van der Waals surface area contributed by atoms with Crippen LogP contribution < -0.4 is 0 Å². The lowest BCUT2D eigenvalue weighted by Crippen LogP contribution is -1.72. The molecule has 0 amide bonds. The van der Waals surface area contributed by atoms with Crippen molar-refractivity contribution in [3.8, 4) is 0 Å². The van der Waals surface area contributed by atoms with Gasteiger partial charge in [0.05, 0.1) is 0 Å². The minimum atomic E-state index is 1.19. The highest BCUT2D eigenvalue weighted by molar-refractivity contribution is 5.10. The smallest absolute Gasteiger partial charge is 0.0348 e. The molecule has 0 bridgehead atoms. The predicted octanol–water partition coefficient (Wildman–Crippen LogP) is 5.43. The van der Waals surface area contributed by atoms with Gasteiger partial charge in [-0.3, -0.25) is 0 Å². The van der Waals surface area contributed by atoms with Gasteiger partial charge in [0.1, 0.15) is 0 Å². The van der Waals surface area contributed by atoms with Crippen LogP contribution in [-0.2, 0) is 0 Å². The lowest BCUT2D eigenvalue weighted by molar-refractivity contribution is 0.674. The van der Waals surface area contributed by atoms with Gasteiger partial charge >= 0.3 is 0 Å². The lowest BCUT2D eigenvalue weighted by atomic mass is 10.1. The van der Waals surface area contributed by atoms with E-state index in [0.717, 1.165) is 0 Å². The maximum absolute atomic E-state index is 2.26. The Balaban J connectivity index is 3.29. The number of rotatable bonds is 9. The molecular formula is C15H26. The molecule has 0 aromatic carbocycles. The van der Waals surface area contributed by atoms with Crippen LogP contribution in [0.4, 0.5) is 0 Å². The van der Waals surface area contributed by atoms with Crippen LogP contribution in [-0.4, -0.2) is 0 Å². The van der Waals surface area contributed by atoms with Crippen LogP contribution in [0.5, 0.6) is 0 Å². The normalized spacial score (nSPS) is 12.4. The van der Waals surface area contributed by atoms with Gasteiger partial charge in [0.25, 0.3) is 0 Å². The van der Waals surface area contributed by atoms with E-state index in [0.29, 0.717) is 0 Å². The number of hydrogen-bond acceptors (Lipinski definition) is 0. The zero-order valence-electron chi connectivity index (χ0n) is 10.4. The Morgan fingerprint density at radius 1 is 0.600 bits per heavy atom. The first-order chi connectivity index (χ1) is 7.41. The molecular weight excluding hydrogens is 180 g/mol. The zero-order chi connectivity index (χ0) is 11.2. The van der Waals surface area contributed by atoms with Crippen LogP contribution >= 0.6 is 0 Å². The molecule has 0 aliphatic heterocycles. The third-order valence-corrected chi connectivity index (χ3v) is 2.29. The van der Waals surface area contributed by atoms with Gasteiger partial charge in [0.15, 0.2) is 0 Å². The maximum Gasteiger partial charge on any atom is -0.0348 e. The Morgan fingerprint density at radius 3 is 1.87 bits per heavy atom. The van der Waals surface area contributed by atoms with Crippen LogP contribution in [0.15, 0.2) is 36.5 Å². The molecule has 0 saturated carbocycles. The summed E-state index contributed by atoms with van der Waals surface area (Å²) >= 11 is 0. The fourth-order valence-corrected chi connectivity index (χ4v) is 1.33. The molecule has 0 unspecified atom stereocenters. The van der Waals surface area contributed by atoms with E-state index in [4.69, 9.17) is 0 Å². The first-order valence-electron chi connectivity index (χ1n) is 6.40. The lowest BCUT2D eigenvalue weighted by Gasteiger charge is -1.92. The van der Waals surface area contributed by atoms with E-state index < -0.39 is 0 Å². The van der Waals surface area contributed by atoms with Crippen molar-refractivity contribution in [1.29, 1.82) is 0 Å². The third kappa shape index (κ3) is 13.2. The highest BCUT2D eigenvalue weighted by Gasteiger charge is 1.82. The van der Waals surface area contributed by atoms with E-state index in [1.807, 2.05) is 0 Å². The van der Waals surface area contributed by atoms with Crippen molar-refractivity contribution < 1.29 is 0 Å². The van der Waals surface area contributed by atoms with Gasteiger partial charge in [-0.2, -0.15) is 0 Å². The Labute approximate surface area is 95.8 Å². The summed E-state index contributed by atoms with van der Waals surface area (Å²) in [4.78, 5) is 0. The summed E-state index contributed by atoms with van der Waals surface area (Å²) < 4.78 is 0. The summed E-state index contributed by atoms with van der Waals surface area (Å²) in [5.74, 6) is 0. The predicted molar refractivity (Wildman–Crippen MR) is 71.1 cm³/mol. The molecule has 0 atom stereocenters. The second-order valence-corrected chi connectivity index (χ2v) is 3.88. The first kappa shape index (κ1) is 14.2. The monoisotopic (exact) mass is 206 g/mol. The van der Waals surface area contributed by atoms with Crippen LogP contribution in [0.3, 0.4) is 0 Å². The van der Waals surface area contributed by atoms with E-state index in [2.05, 4.69) is 50.3 Å². The summed E-state index contributed by atoms with van der Waals surface area (Å²) in [6, 6.07) is 0. The molecule has 0 rings (SSSR count). The Kier molecular flexibility index (Phi) is 12.5. The number of allylic oxidation sites excluding steroid dienone is 6. The van der Waals surface area contributed by atoms with Gasteiger partial charge < -0.3 is 0 Å². The van der Waals surface area contributed by atoms with Crippen LogP contribution in [0.25, 0.3) is 0 Å². The first-order valence-corrected chi connectivity index (χ1v) is 6.40. The van der Waals surface area contributed by atoms with Crippen molar-refractivity contribution in [2.45, 2.75) is 58.8 Å². The largest absolute Gasteiger partial charge is 0.0845 e. The van der Waals surface area contributed by atoms with E-state index in [1.165, 1.54) is 44.9 Å². The van der Waals surface area contributed by atoms with Gasteiger partial charge in [0, 0.05) is 0 Å². The quantitative estimate of drug-likeness (QED) is 0.349. The van der Waals surface area contributed by atoms with E-state index in [-0.39, 0.29) is 0 Å². The Bertz CT molecular complexity index is 184. The van der Waals surface area contributed by atoms with E-state index in [9.17, 15) is 0 Å². The molecule has 0 nitrogen and oxygen atoms in total. The molecule has 86 valence electrons. The molecule has 0 heteroatoms. The molecule has 0 aliphatic carbocycles. The van der Waals surface area contributed by atoms with Gasteiger partial charge in [-0.15, -0.1) is 0 Å². The van der Waals surface area contributed by atoms with Crippen molar-refractivity contribution >= 4 is 0 Å². The molecule has 0 heterocycles. The molecule has 0 aliphatic rings. The minimum Gasteiger partial charge on any atom is -0.0845 e. The molecule has 15 heavy (non-hydrogen) atoms. The molecule has 0 spiro atoms. The molecule has 0 aromatic heterocycles. The van der Waals surface area contributed by atoms with E-state index in [1.54, 1.807) is 0 Å². The molecule has 0 N–H and O–H groups in total. The highest BCUT2D eigenvalue weighted by atomic mass is 13.9. The van der Waals surface area contributed by atoms with Crippen LogP contribution in [0.2, 0.25) is 0 Å². The van der Waals surface area contributed by atoms with Gasteiger partial charge in [-0.05, 0) is 19.3 Å². The van der Waals surface area contributed by atoms with Crippen molar-refractivity contribution in [2.24, 2.45) is 0 Å². The average Bonchev–Trinajstić information content (AvgIpc) is 2.26. The van der Waals surface area contributed by atoms with Crippen molar-refractivity contribution in [3.63, 3.8) is 0 Å². The fourth-order valence-electron chi connectivity index (χ4n) is 1.33. The highest BCUT2D eigenvalue weighted by Crippen LogP contribution is 2.02. The standard InChI is InChI=1S/C15H26/c1-3-5-7-9-11-13-15-14-12-10-8-6-4-2/h7,9,11,13-15H,3-6,8,10,12H2,1-2H3/b9-7+,13-11+,15-14+. The van der Waals surface area contributed by atoms with Crippen LogP contribution in [0, 0.1) is 0 Å². The number of unbranched alkanes of at least 4 members (excludes halogenated alkanes) is 5. The number of hydrogen-bond donors (Lipinski definition) is 0. The van der Waals surface area contributed by atoms with E-state index >= 15 is 0 Å². The molecule has 0 aromatic rings. The van der Waals surface area contributed by atoms with Crippen LogP contribution in [0.1, 0.15) is 58.8 Å². The SMILES string of the molecule is CCC/C=C/C=C/C=C/CCCCCC. The summed E-state index contributed by atoms with van der Waals surface area (Å²) in [6.07, 6.45) is 22.1. The molecule has 0 radical (unpaired) electrons. The van der Waals surface area contributed by atoms with Crippen molar-refractivity contribution in [1.82, 2.24) is 0 Å². The Morgan fingerprint density at radius 2 is 1.27 bits per heavy atom. The Hall–Kier alpha value is -0.780. The van der Waals surface area contributed by atoms with Gasteiger partial charge in [-0.25, -0.2) is 0 Å². The zero-order valence-corrected chi connectivity index (χ0v) is 10.4. The topological polar surface area (TPSA) is 0 Å². The van der Waals surface area contributed by atoms with Gasteiger partial charge in [-0.1, -0.05) is 76.0 Å². The maximum atomic E-state index is 2.26. The summed E-state index contributed by atoms with van der Waals surface area (Å²) in [6.45, 7) is 4.45. The van der Waals surface area contributed by atoms with Crippen molar-refractivity contribution in [2.75, 3.05) is 0 Å². The van der Waals surface area contributed by atoms with Gasteiger partial charge in [0.2, 0.25) is 0 Å². The molecule has 0 saturated heterocycles. The second kappa shape index (κ2) is 13.2. The fraction of sp³-hybridized carbons (Fsp3) is 0.600. The second-order valence-electron chi connectivity index (χ2n) is 3.88. The summed E-state index contributed by atoms with van der Waals surface area (Å²) in [5, 5.41) is 0. The third-order valence-electron chi connectivity index (χ3n) is 2.29. The summed E-state index contributed by atoms with van der Waals surface area (Å²) in [7, 11) is 0.